The van der Waals surface area contributed by atoms with Gasteiger partial charge in [-0.05, 0) is 36.4 Å². The van der Waals surface area contributed by atoms with Crippen LogP contribution in [0.1, 0.15) is 21.7 Å². The van der Waals surface area contributed by atoms with Crippen LogP contribution in [0.15, 0.2) is 68.2 Å². The van der Waals surface area contributed by atoms with Gasteiger partial charge < -0.3 is 24.4 Å². The molecular weight excluding hydrogens is 403 g/mol. The zero-order valence-corrected chi connectivity index (χ0v) is 15.2. The molecule has 0 unspecified atom stereocenters. The molecule has 0 fully saturated rings. The van der Waals surface area contributed by atoms with Crippen molar-refractivity contribution in [3.05, 3.63) is 71.7 Å². The maximum atomic E-state index is 13.0. The maximum absolute atomic E-state index is 13.0. The first kappa shape index (κ1) is 19.4. The number of nitrogens with zero attached hydrogens (tertiary/aromatic N) is 1. The predicted octanol–water partition coefficient (Wildman–Crippen LogP) is 4.73. The molecule has 154 valence electrons. The Morgan fingerprint density at radius 3 is 2.63 bits per heavy atom. The minimum Gasteiger partial charge on any atom is -0.467 e. The van der Waals surface area contributed by atoms with E-state index >= 15 is 0 Å². The number of nitrogen functional groups attached to an aromatic ring is 1. The predicted molar refractivity (Wildman–Crippen MR) is 98.9 cm³/mol. The summed E-state index contributed by atoms with van der Waals surface area (Å²) in [5.41, 5.74) is 5.13. The second kappa shape index (κ2) is 7.47. The van der Waals surface area contributed by atoms with Crippen molar-refractivity contribution in [3.63, 3.8) is 0 Å². The zero-order valence-electron chi connectivity index (χ0n) is 15.2. The van der Waals surface area contributed by atoms with Crippen LogP contribution in [0.2, 0.25) is 0 Å². The van der Waals surface area contributed by atoms with Gasteiger partial charge in [-0.25, -0.2) is 0 Å². The minimum atomic E-state index is -4.48. The second-order valence-corrected chi connectivity index (χ2v) is 6.27. The number of anilines is 1. The van der Waals surface area contributed by atoms with Crippen molar-refractivity contribution in [1.82, 2.24) is 10.5 Å². The molecule has 3 N–H and O–H groups in total. The topological polar surface area (TPSA) is 107 Å². The molecule has 0 bridgehead atoms. The number of furan rings is 2. The van der Waals surface area contributed by atoms with Crippen molar-refractivity contribution in [2.75, 3.05) is 5.73 Å². The number of halogens is 3. The summed E-state index contributed by atoms with van der Waals surface area (Å²) >= 11 is 0. The molecule has 30 heavy (non-hydrogen) atoms. The smallest absolute Gasteiger partial charge is 0.416 e. The number of hydrogen-bond donors (Lipinski definition) is 2. The molecule has 3 heterocycles. The van der Waals surface area contributed by atoms with Crippen LogP contribution in [0.25, 0.3) is 22.8 Å². The molecular formula is C20H14F3N3O4. The maximum Gasteiger partial charge on any atom is 0.416 e. The number of amides is 1. The quantitative estimate of drug-likeness (QED) is 0.486. The molecule has 3 aromatic heterocycles. The van der Waals surface area contributed by atoms with Gasteiger partial charge in [0, 0.05) is 5.56 Å². The van der Waals surface area contributed by atoms with Gasteiger partial charge in [0.15, 0.2) is 11.5 Å². The Morgan fingerprint density at radius 1 is 1.10 bits per heavy atom. The van der Waals surface area contributed by atoms with Gasteiger partial charge in [-0.15, -0.1) is 0 Å². The van der Waals surface area contributed by atoms with Gasteiger partial charge in [0.25, 0.3) is 5.91 Å². The number of carbonyl (C=O) groups is 1. The van der Waals surface area contributed by atoms with Crippen molar-refractivity contribution < 1.29 is 31.3 Å². The molecule has 0 spiro atoms. The van der Waals surface area contributed by atoms with E-state index in [0.717, 1.165) is 12.1 Å². The molecule has 0 aliphatic heterocycles. The van der Waals surface area contributed by atoms with E-state index in [1.165, 1.54) is 30.5 Å². The lowest BCUT2D eigenvalue weighted by atomic mass is 10.1. The largest absolute Gasteiger partial charge is 0.467 e. The number of benzene rings is 1. The van der Waals surface area contributed by atoms with Crippen LogP contribution in [0.5, 0.6) is 0 Å². The van der Waals surface area contributed by atoms with Gasteiger partial charge in [0.05, 0.1) is 18.4 Å². The highest BCUT2D eigenvalue weighted by Gasteiger charge is 2.31. The number of carbonyl (C=O) groups excluding carboxylic acids is 1. The number of nitrogens with two attached hydrogens (primary N) is 1. The first-order chi connectivity index (χ1) is 14.3. The summed E-state index contributed by atoms with van der Waals surface area (Å²) in [6, 6.07) is 11.0. The fourth-order valence-corrected chi connectivity index (χ4v) is 2.83. The molecule has 4 rings (SSSR count). The summed E-state index contributed by atoms with van der Waals surface area (Å²) in [5, 5.41) is 6.38. The summed E-state index contributed by atoms with van der Waals surface area (Å²) in [6.45, 7) is 0.115. The Labute approximate surface area is 167 Å². The molecule has 0 aliphatic rings. The van der Waals surface area contributed by atoms with Crippen LogP contribution >= 0.6 is 0 Å². The lowest BCUT2D eigenvalue weighted by Crippen LogP contribution is -2.23. The molecule has 1 amide bonds. The molecule has 0 radical (unpaired) electrons. The molecule has 0 atom stereocenters. The summed E-state index contributed by atoms with van der Waals surface area (Å²) in [6.07, 6.45) is -3.01. The van der Waals surface area contributed by atoms with Crippen LogP contribution < -0.4 is 11.1 Å². The second-order valence-electron chi connectivity index (χ2n) is 6.27. The van der Waals surface area contributed by atoms with Gasteiger partial charge in [0.2, 0.25) is 5.88 Å². The van der Waals surface area contributed by atoms with Gasteiger partial charge in [-0.1, -0.05) is 17.3 Å². The summed E-state index contributed by atoms with van der Waals surface area (Å²) < 4.78 is 54.6. The van der Waals surface area contributed by atoms with Crippen molar-refractivity contribution in [3.8, 4) is 22.8 Å². The van der Waals surface area contributed by atoms with E-state index in [1.54, 1.807) is 12.1 Å². The van der Waals surface area contributed by atoms with Crippen LogP contribution in [0, 0.1) is 0 Å². The van der Waals surface area contributed by atoms with E-state index in [2.05, 4.69) is 10.5 Å². The van der Waals surface area contributed by atoms with Crippen molar-refractivity contribution in [1.29, 1.82) is 0 Å². The number of aromatic nitrogens is 1. The highest BCUT2D eigenvalue weighted by atomic mass is 19.4. The van der Waals surface area contributed by atoms with E-state index in [0.29, 0.717) is 5.76 Å². The minimum absolute atomic E-state index is 0.0303. The third kappa shape index (κ3) is 3.79. The molecule has 0 aliphatic carbocycles. The van der Waals surface area contributed by atoms with Crippen LogP contribution in [-0.4, -0.2) is 11.1 Å². The van der Waals surface area contributed by atoms with Gasteiger partial charge in [-0.3, -0.25) is 4.79 Å². The Morgan fingerprint density at radius 2 is 1.90 bits per heavy atom. The molecule has 10 heteroatoms. The summed E-state index contributed by atoms with van der Waals surface area (Å²) in [5.74, 6) is 0.0199. The Kier molecular flexibility index (Phi) is 4.82. The monoisotopic (exact) mass is 417 g/mol. The number of nitrogens with one attached hydrogen (secondary N) is 1. The first-order valence-electron chi connectivity index (χ1n) is 8.66. The number of rotatable bonds is 5. The lowest BCUT2D eigenvalue weighted by Gasteiger charge is -2.07. The summed E-state index contributed by atoms with van der Waals surface area (Å²) in [7, 11) is 0. The third-order valence-corrected chi connectivity index (χ3v) is 4.26. The zero-order chi connectivity index (χ0) is 21.3. The normalized spacial score (nSPS) is 11.6. The molecule has 0 saturated carbocycles. The van der Waals surface area contributed by atoms with Crippen LogP contribution in [-0.2, 0) is 12.7 Å². The Balaban J connectivity index is 1.61. The van der Waals surface area contributed by atoms with Gasteiger partial charge in [0.1, 0.15) is 17.1 Å². The molecule has 7 nitrogen and oxygen atoms in total. The van der Waals surface area contributed by atoms with Crippen molar-refractivity contribution in [2.24, 2.45) is 0 Å². The third-order valence-electron chi connectivity index (χ3n) is 4.26. The van der Waals surface area contributed by atoms with Crippen molar-refractivity contribution >= 4 is 11.8 Å². The van der Waals surface area contributed by atoms with Gasteiger partial charge in [-0.2, -0.15) is 13.2 Å². The Bertz CT molecular complexity index is 1180. The van der Waals surface area contributed by atoms with E-state index < -0.39 is 17.6 Å². The highest BCUT2D eigenvalue weighted by Crippen LogP contribution is 2.35. The van der Waals surface area contributed by atoms with E-state index in [9.17, 15) is 18.0 Å². The molecule has 0 saturated heterocycles. The molecule has 4 aromatic rings. The van der Waals surface area contributed by atoms with Gasteiger partial charge >= 0.3 is 6.18 Å². The SMILES string of the molecule is Nc1onc(-c2ccc(-c3cccc(C(F)(F)F)c3)o2)c1C(=O)NCc1ccco1. The van der Waals surface area contributed by atoms with Crippen LogP contribution in [0.3, 0.4) is 0 Å². The average molecular weight is 417 g/mol. The van der Waals surface area contributed by atoms with E-state index in [1.807, 2.05) is 0 Å². The first-order valence-corrected chi connectivity index (χ1v) is 8.66. The highest BCUT2D eigenvalue weighted by molar-refractivity contribution is 6.03. The summed E-state index contributed by atoms with van der Waals surface area (Å²) in [4.78, 5) is 12.5. The number of alkyl halides is 3. The van der Waals surface area contributed by atoms with Crippen molar-refractivity contribution in [2.45, 2.75) is 12.7 Å². The molecule has 1 aromatic carbocycles. The fraction of sp³-hybridized carbons (Fsp3) is 0.100. The van der Waals surface area contributed by atoms with E-state index in [-0.39, 0.29) is 40.8 Å². The fourth-order valence-electron chi connectivity index (χ4n) is 2.83. The lowest BCUT2D eigenvalue weighted by molar-refractivity contribution is -0.137. The van der Waals surface area contributed by atoms with E-state index in [4.69, 9.17) is 19.1 Å². The average Bonchev–Trinajstić information content (AvgIpc) is 3.46. The standard InChI is InChI=1S/C20H14F3N3O4/c21-20(22,23)12-4-1-3-11(9-12)14-6-7-15(29-14)17-16(18(24)30-26-17)19(27)25-10-13-5-2-8-28-13/h1-9H,10,24H2,(H,25,27). The Hall–Kier alpha value is -3.95. The number of hydrogen-bond acceptors (Lipinski definition) is 6. The van der Waals surface area contributed by atoms with Crippen LogP contribution in [0.4, 0.5) is 19.1 Å².